The lowest BCUT2D eigenvalue weighted by atomic mass is 9.90. The van der Waals surface area contributed by atoms with E-state index < -0.39 is 0 Å². The molecule has 160 valence electrons. The molecule has 0 aliphatic carbocycles. The van der Waals surface area contributed by atoms with Gasteiger partial charge in [0, 0.05) is 11.7 Å². The Balaban J connectivity index is 2.05. The molecule has 2 aliphatic heterocycles. The number of aryl methyl sites for hydroxylation is 1. The predicted octanol–water partition coefficient (Wildman–Crippen LogP) is 4.44. The number of methoxy groups -OCH3 is 1. The van der Waals surface area contributed by atoms with Gasteiger partial charge in [0.25, 0.3) is 0 Å². The first-order valence-electron chi connectivity index (χ1n) is 10.3. The molecule has 2 heterocycles. The Morgan fingerprint density at radius 1 is 1.30 bits per heavy atom. The first-order valence-corrected chi connectivity index (χ1v) is 11.2. The van der Waals surface area contributed by atoms with Crippen LogP contribution in [0, 0.1) is 6.92 Å². The minimum atomic E-state index is -0.386. The zero-order valence-electron chi connectivity index (χ0n) is 18.2. The highest BCUT2D eigenvalue weighted by atomic mass is 32.2. The number of nitrogens with one attached hydrogen (secondary N) is 1. The Hall–Kier alpha value is -2.54. The van der Waals surface area contributed by atoms with E-state index in [-0.39, 0.29) is 30.4 Å². The molecule has 2 unspecified atom stereocenters. The quantitative estimate of drug-likeness (QED) is 0.652. The van der Waals surface area contributed by atoms with E-state index in [9.17, 15) is 9.59 Å². The number of amides is 1. The second-order valence-corrected chi connectivity index (χ2v) is 8.35. The molecule has 1 aromatic rings. The molecule has 0 bridgehead atoms. The summed E-state index contributed by atoms with van der Waals surface area (Å²) in [5.74, 6) is -0.422. The van der Waals surface area contributed by atoms with Gasteiger partial charge in [0.05, 0.1) is 30.8 Å². The monoisotopic (exact) mass is 427 g/mol. The lowest BCUT2D eigenvalue weighted by Crippen LogP contribution is -2.39. The molecule has 0 spiro atoms. The lowest BCUT2D eigenvalue weighted by molar-refractivity contribution is -0.136. The smallest absolute Gasteiger partial charge is 0.338 e. The molecule has 0 aromatic heterocycles. The van der Waals surface area contributed by atoms with Crippen LogP contribution in [-0.4, -0.2) is 35.1 Å². The molecular weight excluding hydrogens is 398 g/mol. The summed E-state index contributed by atoms with van der Waals surface area (Å²) in [6.45, 7) is 8.05. The Labute approximate surface area is 182 Å². The van der Waals surface area contributed by atoms with E-state index in [4.69, 9.17) is 9.73 Å². The van der Waals surface area contributed by atoms with Gasteiger partial charge in [0.1, 0.15) is 0 Å². The standard InChI is InChI=1S/C23H29N3O3S/c1-6-15(4)24-19(27)12-16-13-30-23-25-18(7-2)20(22(28)29-5)21(26(16)23)17-11-9-8-10-14(17)3/h8-11,13,15,21H,6-7,12H2,1-5H3,(H,24,27). The third-order valence-corrected chi connectivity index (χ3v) is 6.36. The van der Waals surface area contributed by atoms with Crippen molar-refractivity contribution in [2.24, 2.45) is 4.99 Å². The Kier molecular flexibility index (Phi) is 7.02. The Morgan fingerprint density at radius 3 is 2.67 bits per heavy atom. The second kappa shape index (κ2) is 9.51. The van der Waals surface area contributed by atoms with E-state index in [2.05, 4.69) is 5.32 Å². The van der Waals surface area contributed by atoms with Gasteiger partial charge in [-0.15, -0.1) is 0 Å². The van der Waals surface area contributed by atoms with Crippen molar-refractivity contribution < 1.29 is 14.3 Å². The van der Waals surface area contributed by atoms with Crippen molar-refractivity contribution >= 4 is 28.8 Å². The maximum atomic E-state index is 12.9. The third kappa shape index (κ3) is 4.31. The number of thioether (sulfide) groups is 1. The largest absolute Gasteiger partial charge is 0.466 e. The van der Waals surface area contributed by atoms with Gasteiger partial charge >= 0.3 is 5.97 Å². The first kappa shape index (κ1) is 22.2. The minimum Gasteiger partial charge on any atom is -0.466 e. The molecule has 7 heteroatoms. The molecule has 6 nitrogen and oxygen atoms in total. The fraction of sp³-hybridized carbons (Fsp3) is 0.435. The highest BCUT2D eigenvalue weighted by molar-refractivity contribution is 8.16. The van der Waals surface area contributed by atoms with Gasteiger partial charge in [-0.05, 0) is 43.2 Å². The summed E-state index contributed by atoms with van der Waals surface area (Å²) in [7, 11) is 1.39. The molecule has 1 aromatic carbocycles. The molecule has 0 fully saturated rings. The van der Waals surface area contributed by atoms with E-state index in [1.807, 2.05) is 62.3 Å². The number of nitrogens with zero attached hydrogens (tertiary/aromatic N) is 2. The summed E-state index contributed by atoms with van der Waals surface area (Å²) in [6.07, 6.45) is 1.72. The molecule has 1 amide bonds. The van der Waals surface area contributed by atoms with Crippen LogP contribution in [0.5, 0.6) is 0 Å². The van der Waals surface area contributed by atoms with Crippen LogP contribution in [0.15, 0.2) is 51.6 Å². The van der Waals surface area contributed by atoms with Crippen molar-refractivity contribution in [1.29, 1.82) is 0 Å². The van der Waals surface area contributed by atoms with Gasteiger partial charge in [0.2, 0.25) is 5.91 Å². The molecule has 3 rings (SSSR count). The summed E-state index contributed by atoms with van der Waals surface area (Å²) >= 11 is 1.49. The summed E-state index contributed by atoms with van der Waals surface area (Å²) in [5, 5.41) is 5.78. The van der Waals surface area contributed by atoms with Crippen LogP contribution in [0.2, 0.25) is 0 Å². The molecule has 0 radical (unpaired) electrons. The number of rotatable bonds is 7. The normalized spacial score (nSPS) is 19.1. The van der Waals surface area contributed by atoms with Crippen molar-refractivity contribution in [3.8, 4) is 0 Å². The summed E-state index contributed by atoms with van der Waals surface area (Å²) in [5.41, 5.74) is 4.18. The van der Waals surface area contributed by atoms with E-state index in [0.717, 1.165) is 34.1 Å². The van der Waals surface area contributed by atoms with Crippen molar-refractivity contribution in [2.45, 2.75) is 59.0 Å². The molecule has 2 atom stereocenters. The van der Waals surface area contributed by atoms with Gasteiger partial charge < -0.3 is 15.0 Å². The first-order chi connectivity index (χ1) is 14.4. The van der Waals surface area contributed by atoms with Crippen molar-refractivity contribution in [3.05, 3.63) is 57.8 Å². The van der Waals surface area contributed by atoms with Gasteiger partial charge in [-0.25, -0.2) is 9.79 Å². The second-order valence-electron chi connectivity index (χ2n) is 7.51. The number of benzene rings is 1. The van der Waals surface area contributed by atoms with Crippen LogP contribution in [0.1, 0.15) is 57.2 Å². The topological polar surface area (TPSA) is 71.0 Å². The molecule has 1 N–H and O–H groups in total. The number of hydrogen-bond donors (Lipinski definition) is 1. The number of amidine groups is 1. The highest BCUT2D eigenvalue weighted by Crippen LogP contribution is 2.46. The molecule has 2 aliphatic rings. The minimum absolute atomic E-state index is 0.0362. The zero-order valence-corrected chi connectivity index (χ0v) is 19.0. The van der Waals surface area contributed by atoms with Crippen LogP contribution in [-0.2, 0) is 14.3 Å². The van der Waals surface area contributed by atoms with E-state index >= 15 is 0 Å². The van der Waals surface area contributed by atoms with Crippen LogP contribution in [0.4, 0.5) is 0 Å². The van der Waals surface area contributed by atoms with Crippen LogP contribution < -0.4 is 5.32 Å². The van der Waals surface area contributed by atoms with Crippen molar-refractivity contribution in [1.82, 2.24) is 10.2 Å². The Bertz CT molecular complexity index is 935. The Morgan fingerprint density at radius 2 is 2.03 bits per heavy atom. The number of fused-ring (bicyclic) bond motifs is 1. The van der Waals surface area contributed by atoms with Crippen LogP contribution >= 0.6 is 11.8 Å². The van der Waals surface area contributed by atoms with E-state index in [0.29, 0.717) is 12.0 Å². The van der Waals surface area contributed by atoms with E-state index in [1.54, 1.807) is 0 Å². The molecule has 30 heavy (non-hydrogen) atoms. The van der Waals surface area contributed by atoms with Crippen molar-refractivity contribution in [3.63, 3.8) is 0 Å². The number of aliphatic imine (C=N–C) groups is 1. The maximum absolute atomic E-state index is 12.9. The number of ether oxygens (including phenoxy) is 1. The molecular formula is C23H29N3O3S. The number of carbonyl (C=O) groups is 2. The predicted molar refractivity (Wildman–Crippen MR) is 121 cm³/mol. The van der Waals surface area contributed by atoms with Gasteiger partial charge in [0.15, 0.2) is 5.17 Å². The number of esters is 1. The lowest BCUT2D eigenvalue weighted by Gasteiger charge is -2.37. The highest BCUT2D eigenvalue weighted by Gasteiger charge is 2.41. The average molecular weight is 428 g/mol. The summed E-state index contributed by atoms with van der Waals surface area (Å²) < 4.78 is 5.15. The SMILES string of the molecule is CCC1=C(C(=O)OC)C(c2ccccc2C)N2C(CC(=O)NC(C)CC)=CSC2=N1. The fourth-order valence-corrected chi connectivity index (χ4v) is 4.63. The maximum Gasteiger partial charge on any atom is 0.338 e. The van der Waals surface area contributed by atoms with E-state index in [1.165, 1.54) is 18.9 Å². The van der Waals surface area contributed by atoms with Crippen LogP contribution in [0.25, 0.3) is 0 Å². The average Bonchev–Trinajstić information content (AvgIpc) is 3.14. The third-order valence-electron chi connectivity index (χ3n) is 5.47. The number of carbonyl (C=O) groups excluding carboxylic acids is 2. The van der Waals surface area contributed by atoms with Crippen molar-refractivity contribution in [2.75, 3.05) is 7.11 Å². The zero-order chi connectivity index (χ0) is 21.8. The fourth-order valence-electron chi connectivity index (χ4n) is 3.69. The molecule has 0 saturated carbocycles. The van der Waals surface area contributed by atoms with Gasteiger partial charge in [-0.3, -0.25) is 4.79 Å². The van der Waals surface area contributed by atoms with Gasteiger partial charge in [-0.1, -0.05) is 49.9 Å². The van der Waals surface area contributed by atoms with Gasteiger partial charge in [-0.2, -0.15) is 0 Å². The summed E-state index contributed by atoms with van der Waals surface area (Å²) in [6, 6.07) is 7.75. The summed E-state index contributed by atoms with van der Waals surface area (Å²) in [4.78, 5) is 32.2. The molecule has 0 saturated heterocycles. The number of hydrogen-bond acceptors (Lipinski definition) is 6. The van der Waals surface area contributed by atoms with Crippen LogP contribution in [0.3, 0.4) is 0 Å². The number of allylic oxidation sites excluding steroid dienone is 1.